The van der Waals surface area contributed by atoms with Gasteiger partial charge >= 0.3 is 6.09 Å². The first kappa shape index (κ1) is 10.8. The predicted molar refractivity (Wildman–Crippen MR) is 52.3 cm³/mol. The van der Waals surface area contributed by atoms with Gasteiger partial charge < -0.3 is 9.57 Å². The van der Waals surface area contributed by atoms with Crippen molar-refractivity contribution >= 4 is 11.8 Å². The van der Waals surface area contributed by atoms with Gasteiger partial charge in [-0.05, 0) is 20.8 Å². The molecule has 1 fully saturated rings. The molecule has 1 heterocycles. The summed E-state index contributed by atoms with van der Waals surface area (Å²) in [7, 11) is 1.49. The zero-order chi connectivity index (χ0) is 10.8. The van der Waals surface area contributed by atoms with Gasteiger partial charge in [-0.15, -0.1) is 0 Å². The van der Waals surface area contributed by atoms with Crippen LogP contribution in [0.15, 0.2) is 5.16 Å². The van der Waals surface area contributed by atoms with Crippen molar-refractivity contribution in [1.29, 1.82) is 0 Å². The monoisotopic (exact) mass is 200 g/mol. The molecule has 0 unspecified atom stereocenters. The maximum atomic E-state index is 11.4. The van der Waals surface area contributed by atoms with Crippen molar-refractivity contribution in [2.24, 2.45) is 5.16 Å². The van der Waals surface area contributed by atoms with Crippen molar-refractivity contribution in [3.63, 3.8) is 0 Å². The Morgan fingerprint density at radius 2 is 2.00 bits per heavy atom. The molecule has 1 amide bonds. The van der Waals surface area contributed by atoms with E-state index in [0.29, 0.717) is 13.1 Å². The minimum Gasteiger partial charge on any atom is -0.444 e. The van der Waals surface area contributed by atoms with Gasteiger partial charge in [-0.3, -0.25) is 4.90 Å². The molecule has 0 aromatic carbocycles. The van der Waals surface area contributed by atoms with E-state index in [-0.39, 0.29) is 6.09 Å². The standard InChI is InChI=1S/C9H16N2O3/c1-9(2,3)14-8(12)11-5-7(6-11)10-13-4/h5-6H2,1-4H3. The molecule has 1 rings (SSSR count). The highest BCUT2D eigenvalue weighted by molar-refractivity contribution is 5.98. The van der Waals surface area contributed by atoms with E-state index in [4.69, 9.17) is 4.74 Å². The average Bonchev–Trinajstić information content (AvgIpc) is 1.91. The van der Waals surface area contributed by atoms with E-state index in [9.17, 15) is 4.79 Å². The Morgan fingerprint density at radius 3 is 2.43 bits per heavy atom. The van der Waals surface area contributed by atoms with Gasteiger partial charge in [0.05, 0.1) is 18.8 Å². The summed E-state index contributed by atoms with van der Waals surface area (Å²) in [6.07, 6.45) is -0.299. The Morgan fingerprint density at radius 1 is 1.43 bits per heavy atom. The highest BCUT2D eigenvalue weighted by atomic mass is 16.6. The van der Waals surface area contributed by atoms with Crippen molar-refractivity contribution in [2.75, 3.05) is 20.2 Å². The van der Waals surface area contributed by atoms with Crippen molar-refractivity contribution in [2.45, 2.75) is 26.4 Å². The van der Waals surface area contributed by atoms with Crippen LogP contribution in [-0.4, -0.2) is 42.5 Å². The fraction of sp³-hybridized carbons (Fsp3) is 0.778. The van der Waals surface area contributed by atoms with Gasteiger partial charge in [0.2, 0.25) is 0 Å². The summed E-state index contributed by atoms with van der Waals surface area (Å²) in [6, 6.07) is 0. The Bertz CT molecular complexity index is 247. The Hall–Kier alpha value is -1.26. The average molecular weight is 200 g/mol. The highest BCUT2D eigenvalue weighted by Gasteiger charge is 2.30. The number of likely N-dealkylation sites (tertiary alicyclic amines) is 1. The summed E-state index contributed by atoms with van der Waals surface area (Å²) in [6.45, 7) is 6.53. The van der Waals surface area contributed by atoms with E-state index in [2.05, 4.69) is 9.99 Å². The van der Waals surface area contributed by atoms with Crippen LogP contribution in [0.4, 0.5) is 4.79 Å². The smallest absolute Gasteiger partial charge is 0.410 e. The van der Waals surface area contributed by atoms with Crippen molar-refractivity contribution in [1.82, 2.24) is 4.90 Å². The fourth-order valence-corrected chi connectivity index (χ4v) is 1.04. The molecule has 0 saturated carbocycles. The molecule has 0 aliphatic carbocycles. The predicted octanol–water partition coefficient (Wildman–Crippen LogP) is 1.24. The Balaban J connectivity index is 2.34. The topological polar surface area (TPSA) is 51.1 Å². The fourth-order valence-electron chi connectivity index (χ4n) is 1.04. The van der Waals surface area contributed by atoms with Crippen LogP contribution in [0.2, 0.25) is 0 Å². The van der Waals surface area contributed by atoms with Crippen LogP contribution in [0.5, 0.6) is 0 Å². The number of hydrogen-bond donors (Lipinski definition) is 0. The van der Waals surface area contributed by atoms with Gasteiger partial charge in [0, 0.05) is 0 Å². The zero-order valence-electron chi connectivity index (χ0n) is 9.03. The molecule has 1 aliphatic heterocycles. The zero-order valence-corrected chi connectivity index (χ0v) is 9.03. The van der Waals surface area contributed by atoms with Crippen LogP contribution in [0.25, 0.3) is 0 Å². The summed E-state index contributed by atoms with van der Waals surface area (Å²) < 4.78 is 5.16. The molecule has 0 N–H and O–H groups in total. The number of carbonyl (C=O) groups is 1. The number of hydrogen-bond acceptors (Lipinski definition) is 4. The SMILES string of the molecule is CON=C1CN(C(=O)OC(C)(C)C)C1. The molecule has 0 spiro atoms. The number of rotatable bonds is 1. The second-order valence-electron chi connectivity index (χ2n) is 4.18. The maximum Gasteiger partial charge on any atom is 0.410 e. The summed E-state index contributed by atoms with van der Waals surface area (Å²) in [5, 5.41) is 3.73. The first-order valence-electron chi connectivity index (χ1n) is 4.49. The first-order valence-corrected chi connectivity index (χ1v) is 4.49. The lowest BCUT2D eigenvalue weighted by Crippen LogP contribution is -2.52. The molecule has 5 nitrogen and oxygen atoms in total. The quantitative estimate of drug-likeness (QED) is 0.598. The molecule has 1 saturated heterocycles. The van der Waals surface area contributed by atoms with E-state index in [1.54, 1.807) is 4.90 Å². The second-order valence-corrected chi connectivity index (χ2v) is 4.18. The third kappa shape index (κ3) is 2.90. The maximum absolute atomic E-state index is 11.4. The van der Waals surface area contributed by atoms with E-state index in [0.717, 1.165) is 5.71 Å². The van der Waals surface area contributed by atoms with Gasteiger partial charge in [0.1, 0.15) is 12.7 Å². The molecule has 0 atom stereocenters. The van der Waals surface area contributed by atoms with Crippen LogP contribution in [0.1, 0.15) is 20.8 Å². The first-order chi connectivity index (χ1) is 6.42. The molecule has 0 aromatic heterocycles. The van der Waals surface area contributed by atoms with Crippen LogP contribution in [0, 0.1) is 0 Å². The summed E-state index contributed by atoms with van der Waals surface area (Å²) in [4.78, 5) is 17.6. The number of amides is 1. The molecule has 14 heavy (non-hydrogen) atoms. The highest BCUT2D eigenvalue weighted by Crippen LogP contribution is 2.13. The third-order valence-electron chi connectivity index (χ3n) is 1.62. The minimum absolute atomic E-state index is 0.299. The molecule has 0 bridgehead atoms. The number of nitrogens with zero attached hydrogens (tertiary/aromatic N) is 2. The lowest BCUT2D eigenvalue weighted by molar-refractivity contribution is 0.0258. The summed E-state index contributed by atoms with van der Waals surface area (Å²) in [5.74, 6) is 0. The van der Waals surface area contributed by atoms with E-state index in [1.165, 1.54) is 7.11 Å². The summed E-state index contributed by atoms with van der Waals surface area (Å²) in [5.41, 5.74) is 0.420. The van der Waals surface area contributed by atoms with E-state index < -0.39 is 5.60 Å². The molecule has 1 aliphatic rings. The second kappa shape index (κ2) is 3.86. The Labute approximate surface area is 83.7 Å². The van der Waals surface area contributed by atoms with Gasteiger partial charge in [0.25, 0.3) is 0 Å². The normalized spacial score (nSPS) is 16.0. The van der Waals surface area contributed by atoms with Crippen LogP contribution in [-0.2, 0) is 9.57 Å². The van der Waals surface area contributed by atoms with Crippen molar-refractivity contribution in [3.05, 3.63) is 0 Å². The Kier molecular flexibility index (Phi) is 2.98. The largest absolute Gasteiger partial charge is 0.444 e. The molecular weight excluding hydrogens is 184 g/mol. The number of ether oxygens (including phenoxy) is 1. The van der Waals surface area contributed by atoms with Gasteiger partial charge in [-0.1, -0.05) is 5.16 Å². The minimum atomic E-state index is -0.439. The molecule has 0 aromatic rings. The number of carbonyl (C=O) groups excluding carboxylic acids is 1. The van der Waals surface area contributed by atoms with Gasteiger partial charge in [-0.25, -0.2) is 4.79 Å². The van der Waals surface area contributed by atoms with Crippen LogP contribution in [0.3, 0.4) is 0 Å². The molecular formula is C9H16N2O3. The molecule has 80 valence electrons. The number of oxime groups is 1. The van der Waals surface area contributed by atoms with E-state index >= 15 is 0 Å². The lowest BCUT2D eigenvalue weighted by Gasteiger charge is -2.33. The van der Waals surface area contributed by atoms with Crippen molar-refractivity contribution < 1.29 is 14.4 Å². The van der Waals surface area contributed by atoms with Crippen molar-refractivity contribution in [3.8, 4) is 0 Å². The van der Waals surface area contributed by atoms with Crippen LogP contribution >= 0.6 is 0 Å². The van der Waals surface area contributed by atoms with E-state index in [1.807, 2.05) is 20.8 Å². The molecule has 0 radical (unpaired) electrons. The summed E-state index contributed by atoms with van der Waals surface area (Å²) >= 11 is 0. The lowest BCUT2D eigenvalue weighted by atomic mass is 10.2. The van der Waals surface area contributed by atoms with Crippen LogP contribution < -0.4 is 0 Å². The third-order valence-corrected chi connectivity index (χ3v) is 1.62. The molecule has 5 heteroatoms. The van der Waals surface area contributed by atoms with Gasteiger partial charge in [-0.2, -0.15) is 0 Å². The van der Waals surface area contributed by atoms with Gasteiger partial charge in [0.15, 0.2) is 0 Å².